The van der Waals surface area contributed by atoms with Crippen LogP contribution < -0.4 is 4.31 Å². The van der Waals surface area contributed by atoms with Crippen molar-refractivity contribution in [1.29, 1.82) is 0 Å². The van der Waals surface area contributed by atoms with Crippen molar-refractivity contribution in [2.24, 2.45) is 0 Å². The molecule has 0 aliphatic rings. The molecule has 0 atom stereocenters. The first-order valence-corrected chi connectivity index (χ1v) is 8.43. The van der Waals surface area contributed by atoms with Crippen LogP contribution in [0.1, 0.15) is 5.56 Å². The third kappa shape index (κ3) is 3.86. The van der Waals surface area contributed by atoms with Gasteiger partial charge in [0.15, 0.2) is 0 Å². The Morgan fingerprint density at radius 3 is 2.15 bits per heavy atom. The third-order valence-electron chi connectivity index (χ3n) is 2.47. The Morgan fingerprint density at radius 2 is 1.60 bits per heavy atom. The van der Waals surface area contributed by atoms with E-state index >= 15 is 0 Å². The van der Waals surface area contributed by atoms with Gasteiger partial charge < -0.3 is 0 Å². The molecule has 2 aromatic rings. The second-order valence-electron chi connectivity index (χ2n) is 4.11. The minimum atomic E-state index is -3.45. The summed E-state index contributed by atoms with van der Waals surface area (Å²) < 4.78 is 25.7. The lowest BCUT2D eigenvalue weighted by Gasteiger charge is -2.14. The second-order valence-corrected chi connectivity index (χ2v) is 6.85. The number of halogens is 1. The van der Waals surface area contributed by atoms with Gasteiger partial charge in [0, 0.05) is 16.1 Å². The molecule has 0 spiro atoms. The van der Waals surface area contributed by atoms with Crippen molar-refractivity contribution in [2.75, 3.05) is 10.6 Å². The Balaban J connectivity index is 2.38. The smallest absolute Gasteiger partial charge is 0.206 e. The van der Waals surface area contributed by atoms with Crippen LogP contribution in [0.15, 0.2) is 59.1 Å². The molecule has 0 bridgehead atoms. The molecule has 20 heavy (non-hydrogen) atoms. The van der Waals surface area contributed by atoms with Gasteiger partial charge in [-0.1, -0.05) is 34.1 Å². The minimum Gasteiger partial charge on any atom is -0.206 e. The van der Waals surface area contributed by atoms with E-state index in [1.165, 1.54) is 0 Å². The lowest BCUT2D eigenvalue weighted by atomic mass is 10.2. The maximum absolute atomic E-state index is 11.8. The highest BCUT2D eigenvalue weighted by atomic mass is 79.9. The first kappa shape index (κ1) is 14.6. The van der Waals surface area contributed by atoms with Gasteiger partial charge in [-0.05, 0) is 42.3 Å². The summed E-state index contributed by atoms with van der Waals surface area (Å²) in [6.07, 6.45) is 1.14. The molecular weight excluding hydrogens is 338 g/mol. The van der Waals surface area contributed by atoms with Crippen LogP contribution in [0.5, 0.6) is 0 Å². The predicted octanol–water partition coefficient (Wildman–Crippen LogP) is 3.22. The number of para-hydroxylation sites is 1. The van der Waals surface area contributed by atoms with Crippen LogP contribution in [0.25, 0.3) is 0 Å². The first-order chi connectivity index (χ1) is 9.47. The average molecular weight is 350 g/mol. The maximum atomic E-state index is 11.8. The van der Waals surface area contributed by atoms with Crippen molar-refractivity contribution in [1.82, 2.24) is 0 Å². The summed E-state index contributed by atoms with van der Waals surface area (Å²) in [7, 11) is -3.45. The number of nitrogens with zero attached hydrogens (tertiary/aromatic N) is 1. The zero-order valence-corrected chi connectivity index (χ0v) is 13.1. The molecule has 102 valence electrons. The maximum Gasteiger partial charge on any atom is 0.243 e. The van der Waals surface area contributed by atoms with Crippen LogP contribution in [0, 0.1) is 12.0 Å². The molecule has 0 N–H and O–H groups in total. The topological polar surface area (TPSA) is 37.4 Å². The van der Waals surface area contributed by atoms with Gasteiger partial charge >= 0.3 is 0 Å². The fourth-order valence-corrected chi connectivity index (χ4v) is 2.53. The van der Waals surface area contributed by atoms with E-state index in [2.05, 4.69) is 27.9 Å². The number of hydrogen-bond acceptors (Lipinski definition) is 2. The molecule has 5 heteroatoms. The Bertz CT molecular complexity index is 744. The average Bonchev–Trinajstić information content (AvgIpc) is 2.41. The highest BCUT2D eigenvalue weighted by Crippen LogP contribution is 2.16. The molecule has 2 rings (SSSR count). The van der Waals surface area contributed by atoms with Gasteiger partial charge in [-0.2, -0.15) is 4.31 Å². The molecule has 0 aliphatic heterocycles. The summed E-state index contributed by atoms with van der Waals surface area (Å²) in [4.78, 5) is 0. The van der Waals surface area contributed by atoms with E-state index in [0.717, 1.165) is 20.6 Å². The first-order valence-electron chi connectivity index (χ1n) is 5.79. The molecule has 0 heterocycles. The van der Waals surface area contributed by atoms with Crippen LogP contribution in [0.2, 0.25) is 0 Å². The van der Waals surface area contributed by atoms with Gasteiger partial charge in [0.2, 0.25) is 10.0 Å². The van der Waals surface area contributed by atoms with Crippen LogP contribution in [-0.4, -0.2) is 14.7 Å². The Labute approximate surface area is 127 Å². The molecule has 3 nitrogen and oxygen atoms in total. The summed E-state index contributed by atoms with van der Waals surface area (Å²) in [5.74, 6) is 2.85. The second kappa shape index (κ2) is 6.12. The molecule has 0 aromatic heterocycles. The number of hydrogen-bond donors (Lipinski definition) is 0. The van der Waals surface area contributed by atoms with E-state index in [1.54, 1.807) is 24.3 Å². The molecule has 0 fully saturated rings. The molecule has 0 saturated carbocycles. The van der Waals surface area contributed by atoms with Crippen LogP contribution in [0.3, 0.4) is 0 Å². The Morgan fingerprint density at radius 1 is 1.00 bits per heavy atom. The van der Waals surface area contributed by atoms with Crippen molar-refractivity contribution in [2.45, 2.75) is 0 Å². The molecule has 0 unspecified atom stereocenters. The van der Waals surface area contributed by atoms with E-state index in [4.69, 9.17) is 0 Å². The number of rotatable bonds is 2. The largest absolute Gasteiger partial charge is 0.243 e. The monoisotopic (exact) mass is 349 g/mol. The zero-order chi connectivity index (χ0) is 14.6. The third-order valence-corrected chi connectivity index (χ3v) is 3.96. The minimum absolute atomic E-state index is 0.527. The normalized spacial score (nSPS) is 10.5. The van der Waals surface area contributed by atoms with Gasteiger partial charge in [0.25, 0.3) is 0 Å². The summed E-state index contributed by atoms with van der Waals surface area (Å²) in [5, 5.41) is 0. The summed E-state index contributed by atoms with van der Waals surface area (Å²) in [5.41, 5.74) is 1.28. The predicted molar refractivity (Wildman–Crippen MR) is 84.8 cm³/mol. The zero-order valence-electron chi connectivity index (χ0n) is 10.7. The van der Waals surface area contributed by atoms with Crippen LogP contribution in [0.4, 0.5) is 5.69 Å². The van der Waals surface area contributed by atoms with E-state index in [9.17, 15) is 8.42 Å². The van der Waals surface area contributed by atoms with Gasteiger partial charge in [-0.15, -0.1) is 0 Å². The highest BCUT2D eigenvalue weighted by molar-refractivity contribution is 9.10. The van der Waals surface area contributed by atoms with Gasteiger partial charge in [-0.25, -0.2) is 8.42 Å². The number of anilines is 1. The Hall–Kier alpha value is -1.77. The van der Waals surface area contributed by atoms with Crippen molar-refractivity contribution in [3.63, 3.8) is 0 Å². The fourth-order valence-electron chi connectivity index (χ4n) is 1.55. The van der Waals surface area contributed by atoms with Crippen molar-refractivity contribution >= 4 is 31.6 Å². The van der Waals surface area contributed by atoms with Crippen molar-refractivity contribution in [3.8, 4) is 12.0 Å². The Kier molecular flexibility index (Phi) is 4.48. The van der Waals surface area contributed by atoms with E-state index in [1.807, 2.05) is 30.3 Å². The van der Waals surface area contributed by atoms with Gasteiger partial charge in [0.05, 0.1) is 11.9 Å². The highest BCUT2D eigenvalue weighted by Gasteiger charge is 2.14. The lowest BCUT2D eigenvalue weighted by molar-refractivity contribution is 0.602. The molecule has 0 aliphatic carbocycles. The summed E-state index contributed by atoms with van der Waals surface area (Å²) in [6, 6.07) is 18.8. The standard InChI is InChI=1S/C15H12BrNO2S/c1-20(18,19)17(15-5-3-2-4-6-15)12-11-13-7-9-14(16)10-8-13/h2-10H,1H3. The van der Waals surface area contributed by atoms with E-state index in [-0.39, 0.29) is 0 Å². The van der Waals surface area contributed by atoms with Gasteiger partial charge in [0.1, 0.15) is 0 Å². The summed E-state index contributed by atoms with van der Waals surface area (Å²) >= 11 is 3.34. The number of benzene rings is 2. The van der Waals surface area contributed by atoms with Crippen LogP contribution >= 0.6 is 15.9 Å². The molecule has 0 amide bonds. The van der Waals surface area contributed by atoms with Crippen molar-refractivity contribution in [3.05, 3.63) is 64.6 Å². The molecule has 0 radical (unpaired) electrons. The fraction of sp³-hybridized carbons (Fsp3) is 0.0667. The lowest BCUT2D eigenvalue weighted by Crippen LogP contribution is -2.24. The van der Waals surface area contributed by atoms with E-state index in [0.29, 0.717) is 5.69 Å². The summed E-state index contributed by atoms with van der Waals surface area (Å²) in [6.45, 7) is 0. The van der Waals surface area contributed by atoms with Crippen LogP contribution in [-0.2, 0) is 10.0 Å². The quantitative estimate of drug-likeness (QED) is 0.616. The molecule has 2 aromatic carbocycles. The van der Waals surface area contributed by atoms with E-state index < -0.39 is 10.0 Å². The number of sulfonamides is 1. The SMILES string of the molecule is CS(=O)(=O)N(C#Cc1ccc(Br)cc1)c1ccccc1. The molecule has 0 saturated heterocycles. The van der Waals surface area contributed by atoms with Gasteiger partial charge in [-0.3, -0.25) is 0 Å². The molecular formula is C15H12BrNO2S. The van der Waals surface area contributed by atoms with Crippen molar-refractivity contribution < 1.29 is 8.42 Å².